The first-order chi connectivity index (χ1) is 7.65. The van der Waals surface area contributed by atoms with E-state index in [1.807, 2.05) is 20.0 Å². The second kappa shape index (κ2) is 4.97. The van der Waals surface area contributed by atoms with E-state index in [2.05, 4.69) is 14.9 Å². The SMILES string of the molecule is Cc1cc(N(C)CC2CCCO2)nc(Cl)n1. The average molecular weight is 242 g/mol. The van der Waals surface area contributed by atoms with Crippen LogP contribution in [-0.2, 0) is 4.74 Å². The van der Waals surface area contributed by atoms with Gasteiger partial charge in [-0.3, -0.25) is 0 Å². The highest BCUT2D eigenvalue weighted by atomic mass is 35.5. The smallest absolute Gasteiger partial charge is 0.224 e. The molecule has 0 bridgehead atoms. The van der Waals surface area contributed by atoms with Crippen LogP contribution >= 0.6 is 11.6 Å². The summed E-state index contributed by atoms with van der Waals surface area (Å²) in [6, 6.07) is 1.93. The lowest BCUT2D eigenvalue weighted by molar-refractivity contribution is 0.116. The van der Waals surface area contributed by atoms with Crippen LogP contribution in [-0.4, -0.2) is 36.3 Å². The van der Waals surface area contributed by atoms with Crippen LogP contribution in [0, 0.1) is 6.92 Å². The Morgan fingerprint density at radius 3 is 3.00 bits per heavy atom. The molecule has 1 fully saturated rings. The van der Waals surface area contributed by atoms with Crippen molar-refractivity contribution in [1.29, 1.82) is 0 Å². The third kappa shape index (κ3) is 2.83. The van der Waals surface area contributed by atoms with Gasteiger partial charge in [0.1, 0.15) is 5.82 Å². The first kappa shape index (κ1) is 11.6. The third-order valence-electron chi connectivity index (χ3n) is 2.71. The van der Waals surface area contributed by atoms with Gasteiger partial charge in [0.15, 0.2) is 0 Å². The molecule has 5 heteroatoms. The van der Waals surface area contributed by atoms with Crippen molar-refractivity contribution in [3.05, 3.63) is 17.0 Å². The van der Waals surface area contributed by atoms with Crippen molar-refractivity contribution >= 4 is 17.4 Å². The highest BCUT2D eigenvalue weighted by Gasteiger charge is 2.18. The summed E-state index contributed by atoms with van der Waals surface area (Å²) in [6.07, 6.45) is 2.60. The van der Waals surface area contributed by atoms with Gasteiger partial charge in [0.25, 0.3) is 0 Å². The van der Waals surface area contributed by atoms with Crippen LogP contribution in [0.1, 0.15) is 18.5 Å². The Labute approximate surface area is 101 Å². The molecule has 16 heavy (non-hydrogen) atoms. The molecule has 1 aliphatic heterocycles. The van der Waals surface area contributed by atoms with Gasteiger partial charge in [0, 0.05) is 32.0 Å². The van der Waals surface area contributed by atoms with E-state index in [0.717, 1.165) is 37.5 Å². The van der Waals surface area contributed by atoms with Crippen LogP contribution in [0.2, 0.25) is 5.28 Å². The Balaban J connectivity index is 2.04. The first-order valence-electron chi connectivity index (χ1n) is 5.49. The van der Waals surface area contributed by atoms with E-state index < -0.39 is 0 Å². The summed E-state index contributed by atoms with van der Waals surface area (Å²) in [5, 5.41) is 0.300. The number of aromatic nitrogens is 2. The van der Waals surface area contributed by atoms with Crippen molar-refractivity contribution in [2.45, 2.75) is 25.9 Å². The number of hydrogen-bond donors (Lipinski definition) is 0. The molecule has 0 amide bonds. The number of hydrogen-bond acceptors (Lipinski definition) is 4. The molecule has 1 aromatic rings. The van der Waals surface area contributed by atoms with Crippen molar-refractivity contribution in [1.82, 2.24) is 9.97 Å². The van der Waals surface area contributed by atoms with Gasteiger partial charge in [-0.2, -0.15) is 0 Å². The highest BCUT2D eigenvalue weighted by molar-refractivity contribution is 6.28. The molecule has 88 valence electrons. The van der Waals surface area contributed by atoms with E-state index in [9.17, 15) is 0 Å². The molecule has 1 aliphatic rings. The predicted octanol–water partition coefficient (Wildman–Crippen LogP) is 2.05. The van der Waals surface area contributed by atoms with Gasteiger partial charge in [0.2, 0.25) is 5.28 Å². The molecule has 2 rings (SSSR count). The Kier molecular flexibility index (Phi) is 3.61. The van der Waals surface area contributed by atoms with Crippen molar-refractivity contribution in [2.75, 3.05) is 25.1 Å². The maximum absolute atomic E-state index is 5.83. The zero-order valence-electron chi connectivity index (χ0n) is 9.61. The first-order valence-corrected chi connectivity index (χ1v) is 5.87. The van der Waals surface area contributed by atoms with E-state index in [0.29, 0.717) is 11.4 Å². The van der Waals surface area contributed by atoms with Crippen LogP contribution in [0.5, 0.6) is 0 Å². The second-order valence-electron chi connectivity index (χ2n) is 4.15. The number of likely N-dealkylation sites (N-methyl/N-ethyl adjacent to an activating group) is 1. The van der Waals surface area contributed by atoms with E-state index in [-0.39, 0.29) is 0 Å². The molecule has 1 atom stereocenters. The molecular weight excluding hydrogens is 226 g/mol. The van der Waals surface area contributed by atoms with Crippen molar-refractivity contribution < 1.29 is 4.74 Å². The van der Waals surface area contributed by atoms with Crippen LogP contribution in [0.25, 0.3) is 0 Å². The molecule has 0 spiro atoms. The summed E-state index contributed by atoms with van der Waals surface area (Å²) in [7, 11) is 2.00. The van der Waals surface area contributed by atoms with E-state index in [1.165, 1.54) is 0 Å². The Morgan fingerprint density at radius 1 is 1.56 bits per heavy atom. The van der Waals surface area contributed by atoms with Crippen LogP contribution < -0.4 is 4.90 Å². The van der Waals surface area contributed by atoms with Crippen LogP contribution in [0.15, 0.2) is 6.07 Å². The fraction of sp³-hybridized carbons (Fsp3) is 0.636. The molecule has 0 aromatic carbocycles. The van der Waals surface area contributed by atoms with Crippen LogP contribution in [0.4, 0.5) is 5.82 Å². The second-order valence-corrected chi connectivity index (χ2v) is 4.49. The number of nitrogens with zero attached hydrogens (tertiary/aromatic N) is 3. The van der Waals surface area contributed by atoms with Crippen molar-refractivity contribution in [2.24, 2.45) is 0 Å². The minimum atomic E-state index is 0.300. The largest absolute Gasteiger partial charge is 0.376 e. The normalized spacial score (nSPS) is 20.1. The van der Waals surface area contributed by atoms with E-state index >= 15 is 0 Å². The number of anilines is 1. The van der Waals surface area contributed by atoms with E-state index in [1.54, 1.807) is 0 Å². The summed E-state index contributed by atoms with van der Waals surface area (Å²) in [6.45, 7) is 3.64. The zero-order chi connectivity index (χ0) is 11.5. The highest BCUT2D eigenvalue weighted by Crippen LogP contribution is 2.18. The van der Waals surface area contributed by atoms with Gasteiger partial charge in [-0.25, -0.2) is 9.97 Å². The van der Waals surface area contributed by atoms with Gasteiger partial charge in [0.05, 0.1) is 6.10 Å². The lowest BCUT2D eigenvalue weighted by Crippen LogP contribution is -2.29. The maximum Gasteiger partial charge on any atom is 0.224 e. The number of aryl methyl sites for hydroxylation is 1. The predicted molar refractivity (Wildman–Crippen MR) is 64.0 cm³/mol. The fourth-order valence-electron chi connectivity index (χ4n) is 1.90. The Hall–Kier alpha value is -0.870. The molecule has 0 N–H and O–H groups in total. The number of ether oxygens (including phenoxy) is 1. The molecule has 4 nitrogen and oxygen atoms in total. The maximum atomic E-state index is 5.83. The Bertz CT molecular complexity index is 346. The van der Waals surface area contributed by atoms with Gasteiger partial charge in [-0.1, -0.05) is 0 Å². The fourth-order valence-corrected chi connectivity index (χ4v) is 2.12. The summed E-state index contributed by atoms with van der Waals surface area (Å²) in [5.41, 5.74) is 0.884. The molecule has 0 aliphatic carbocycles. The lowest BCUT2D eigenvalue weighted by atomic mass is 10.2. The monoisotopic (exact) mass is 241 g/mol. The van der Waals surface area contributed by atoms with Gasteiger partial charge >= 0.3 is 0 Å². The minimum absolute atomic E-state index is 0.300. The van der Waals surface area contributed by atoms with Crippen LogP contribution in [0.3, 0.4) is 0 Å². The molecule has 0 saturated carbocycles. The number of halogens is 1. The summed E-state index contributed by atoms with van der Waals surface area (Å²) in [4.78, 5) is 10.3. The summed E-state index contributed by atoms with van der Waals surface area (Å²) in [5.74, 6) is 0.855. The molecule has 0 radical (unpaired) electrons. The minimum Gasteiger partial charge on any atom is -0.376 e. The van der Waals surface area contributed by atoms with Crippen molar-refractivity contribution in [3.63, 3.8) is 0 Å². The van der Waals surface area contributed by atoms with Crippen molar-refractivity contribution in [3.8, 4) is 0 Å². The lowest BCUT2D eigenvalue weighted by Gasteiger charge is -2.21. The quantitative estimate of drug-likeness (QED) is 0.760. The summed E-state index contributed by atoms with van der Waals surface area (Å²) < 4.78 is 5.59. The molecule has 2 heterocycles. The van der Waals surface area contributed by atoms with Gasteiger partial charge in [-0.15, -0.1) is 0 Å². The summed E-state index contributed by atoms with van der Waals surface area (Å²) >= 11 is 5.83. The van der Waals surface area contributed by atoms with Gasteiger partial charge in [-0.05, 0) is 31.4 Å². The Morgan fingerprint density at radius 2 is 2.38 bits per heavy atom. The third-order valence-corrected chi connectivity index (χ3v) is 2.88. The molecule has 1 aromatic heterocycles. The average Bonchev–Trinajstić information content (AvgIpc) is 2.68. The van der Waals surface area contributed by atoms with E-state index in [4.69, 9.17) is 16.3 Å². The molecule has 1 saturated heterocycles. The molecular formula is C11H16ClN3O. The topological polar surface area (TPSA) is 38.2 Å². The number of rotatable bonds is 3. The standard InChI is InChI=1S/C11H16ClN3O/c1-8-6-10(14-11(12)13-8)15(2)7-9-4-3-5-16-9/h6,9H,3-5,7H2,1-2H3. The zero-order valence-corrected chi connectivity index (χ0v) is 10.4. The molecule has 1 unspecified atom stereocenters. The van der Waals surface area contributed by atoms with Gasteiger partial charge < -0.3 is 9.64 Å².